The highest BCUT2D eigenvalue weighted by Gasteiger charge is 2.09. The second-order valence-electron chi connectivity index (χ2n) is 5.10. The summed E-state index contributed by atoms with van der Waals surface area (Å²) in [7, 11) is 0. The molecule has 0 saturated heterocycles. The summed E-state index contributed by atoms with van der Waals surface area (Å²) in [4.78, 5) is 0. The maximum Gasteiger partial charge on any atom is 0.0583 e. The SMILES string of the molecule is CCCCCCCCCCC(O)C[C@@H](N)CO. The average Bonchev–Trinajstić information content (AvgIpc) is 2.32. The van der Waals surface area contributed by atoms with Gasteiger partial charge in [0.2, 0.25) is 0 Å². The summed E-state index contributed by atoms with van der Waals surface area (Å²) in [6, 6.07) is -0.265. The Hall–Kier alpha value is -0.120. The van der Waals surface area contributed by atoms with E-state index in [4.69, 9.17) is 10.8 Å². The molecular formula is C14H31NO2. The van der Waals surface area contributed by atoms with Gasteiger partial charge in [0.15, 0.2) is 0 Å². The lowest BCUT2D eigenvalue weighted by molar-refractivity contribution is 0.128. The highest BCUT2D eigenvalue weighted by atomic mass is 16.3. The molecular weight excluding hydrogens is 214 g/mol. The van der Waals surface area contributed by atoms with Crippen molar-refractivity contribution in [2.24, 2.45) is 5.73 Å². The summed E-state index contributed by atoms with van der Waals surface area (Å²) in [5, 5.41) is 18.4. The highest BCUT2D eigenvalue weighted by molar-refractivity contribution is 4.66. The van der Waals surface area contributed by atoms with Crippen LogP contribution in [0.4, 0.5) is 0 Å². The first-order valence-corrected chi connectivity index (χ1v) is 7.25. The molecule has 2 atom stereocenters. The van der Waals surface area contributed by atoms with Gasteiger partial charge < -0.3 is 15.9 Å². The summed E-state index contributed by atoms with van der Waals surface area (Å²) >= 11 is 0. The van der Waals surface area contributed by atoms with Crippen LogP contribution in [0.25, 0.3) is 0 Å². The second kappa shape index (κ2) is 12.3. The Morgan fingerprint density at radius 1 is 0.941 bits per heavy atom. The van der Waals surface area contributed by atoms with E-state index in [1.165, 1.54) is 44.9 Å². The minimum Gasteiger partial charge on any atom is -0.395 e. The highest BCUT2D eigenvalue weighted by Crippen LogP contribution is 2.12. The van der Waals surface area contributed by atoms with E-state index >= 15 is 0 Å². The van der Waals surface area contributed by atoms with Gasteiger partial charge in [-0.1, -0.05) is 58.3 Å². The van der Waals surface area contributed by atoms with Gasteiger partial charge in [0, 0.05) is 6.04 Å². The van der Waals surface area contributed by atoms with Crippen molar-refractivity contribution in [1.29, 1.82) is 0 Å². The van der Waals surface area contributed by atoms with Crippen molar-refractivity contribution in [2.45, 2.75) is 83.3 Å². The lowest BCUT2D eigenvalue weighted by Gasteiger charge is -2.14. The third-order valence-electron chi connectivity index (χ3n) is 3.20. The molecule has 0 rings (SSSR count). The molecule has 0 aliphatic rings. The molecule has 0 aromatic carbocycles. The minimum atomic E-state index is -0.336. The number of rotatable bonds is 12. The third kappa shape index (κ3) is 12.1. The van der Waals surface area contributed by atoms with Crippen molar-refractivity contribution < 1.29 is 10.2 Å². The maximum atomic E-state index is 9.63. The molecule has 0 aliphatic heterocycles. The van der Waals surface area contributed by atoms with E-state index < -0.39 is 0 Å². The zero-order valence-corrected chi connectivity index (χ0v) is 11.4. The molecule has 0 amide bonds. The Labute approximate surface area is 106 Å². The molecule has 0 heterocycles. The van der Waals surface area contributed by atoms with E-state index in [1.54, 1.807) is 0 Å². The summed E-state index contributed by atoms with van der Waals surface area (Å²) < 4.78 is 0. The normalized spacial score (nSPS) is 14.8. The van der Waals surface area contributed by atoms with Crippen LogP contribution in [0.15, 0.2) is 0 Å². The molecule has 0 aromatic rings. The third-order valence-corrected chi connectivity index (χ3v) is 3.20. The van der Waals surface area contributed by atoms with Gasteiger partial charge in [-0.2, -0.15) is 0 Å². The van der Waals surface area contributed by atoms with Crippen molar-refractivity contribution in [3.63, 3.8) is 0 Å². The Balaban J connectivity index is 3.16. The number of aliphatic hydroxyl groups excluding tert-OH is 2. The van der Waals surface area contributed by atoms with Crippen LogP contribution in [0.1, 0.15) is 71.1 Å². The van der Waals surface area contributed by atoms with Gasteiger partial charge in [0.05, 0.1) is 12.7 Å². The molecule has 1 unspecified atom stereocenters. The van der Waals surface area contributed by atoms with Gasteiger partial charge in [-0.15, -0.1) is 0 Å². The van der Waals surface area contributed by atoms with Gasteiger partial charge in [-0.05, 0) is 12.8 Å². The van der Waals surface area contributed by atoms with Crippen molar-refractivity contribution in [3.05, 3.63) is 0 Å². The first-order valence-electron chi connectivity index (χ1n) is 7.25. The van der Waals surface area contributed by atoms with Crippen LogP contribution in [0.3, 0.4) is 0 Å². The van der Waals surface area contributed by atoms with Gasteiger partial charge in [0.1, 0.15) is 0 Å². The van der Waals surface area contributed by atoms with E-state index in [2.05, 4.69) is 6.92 Å². The van der Waals surface area contributed by atoms with Crippen LogP contribution in [-0.4, -0.2) is 29.0 Å². The predicted octanol–water partition coefficient (Wildman–Crippen LogP) is 2.59. The quantitative estimate of drug-likeness (QED) is 0.463. The molecule has 0 aliphatic carbocycles. The van der Waals surface area contributed by atoms with Crippen molar-refractivity contribution in [3.8, 4) is 0 Å². The Morgan fingerprint density at radius 3 is 2.00 bits per heavy atom. The van der Waals surface area contributed by atoms with Crippen LogP contribution < -0.4 is 5.73 Å². The van der Waals surface area contributed by atoms with Crippen LogP contribution >= 0.6 is 0 Å². The molecule has 4 N–H and O–H groups in total. The van der Waals surface area contributed by atoms with Gasteiger partial charge in [-0.25, -0.2) is 0 Å². The number of aliphatic hydroxyl groups is 2. The van der Waals surface area contributed by atoms with Crippen molar-refractivity contribution in [1.82, 2.24) is 0 Å². The molecule has 0 fully saturated rings. The summed E-state index contributed by atoms with van der Waals surface area (Å²) in [5.74, 6) is 0. The molecule has 0 radical (unpaired) electrons. The monoisotopic (exact) mass is 245 g/mol. The number of unbranched alkanes of at least 4 members (excludes halogenated alkanes) is 7. The number of nitrogens with two attached hydrogens (primary N) is 1. The van der Waals surface area contributed by atoms with Crippen LogP contribution in [0.2, 0.25) is 0 Å². The molecule has 0 spiro atoms. The lowest BCUT2D eigenvalue weighted by Crippen LogP contribution is -2.29. The predicted molar refractivity (Wildman–Crippen MR) is 72.9 cm³/mol. The fraction of sp³-hybridized carbons (Fsp3) is 1.00. The lowest BCUT2D eigenvalue weighted by atomic mass is 10.0. The standard InChI is InChI=1S/C14H31NO2/c1-2-3-4-5-6-7-8-9-10-14(17)11-13(15)12-16/h13-14,16-17H,2-12,15H2,1H3/t13-,14?/m1/s1. The molecule has 3 nitrogen and oxygen atoms in total. The fourth-order valence-corrected chi connectivity index (χ4v) is 2.06. The second-order valence-corrected chi connectivity index (χ2v) is 5.10. The number of hydrogen-bond acceptors (Lipinski definition) is 3. The molecule has 0 bridgehead atoms. The molecule has 0 aromatic heterocycles. The smallest absolute Gasteiger partial charge is 0.0583 e. The molecule has 17 heavy (non-hydrogen) atoms. The Bertz CT molecular complexity index is 153. The number of hydrogen-bond donors (Lipinski definition) is 3. The van der Waals surface area contributed by atoms with Crippen LogP contribution in [0, 0.1) is 0 Å². The van der Waals surface area contributed by atoms with E-state index in [0.717, 1.165) is 12.8 Å². The average molecular weight is 245 g/mol. The van der Waals surface area contributed by atoms with E-state index in [9.17, 15) is 5.11 Å². The molecule has 3 heteroatoms. The van der Waals surface area contributed by atoms with E-state index in [0.29, 0.717) is 6.42 Å². The first-order chi connectivity index (χ1) is 8.20. The summed E-state index contributed by atoms with van der Waals surface area (Å²) in [6.45, 7) is 2.20. The largest absolute Gasteiger partial charge is 0.395 e. The van der Waals surface area contributed by atoms with Gasteiger partial charge in [-0.3, -0.25) is 0 Å². The Morgan fingerprint density at radius 2 is 1.47 bits per heavy atom. The zero-order valence-electron chi connectivity index (χ0n) is 11.4. The minimum absolute atomic E-state index is 0.0332. The topological polar surface area (TPSA) is 66.5 Å². The Kier molecular flexibility index (Phi) is 12.3. The first kappa shape index (κ1) is 16.9. The summed E-state index contributed by atoms with van der Waals surface area (Å²) in [5.41, 5.74) is 5.56. The molecule has 104 valence electrons. The maximum absolute atomic E-state index is 9.63. The molecule has 0 saturated carbocycles. The fourth-order valence-electron chi connectivity index (χ4n) is 2.06. The van der Waals surface area contributed by atoms with Crippen molar-refractivity contribution in [2.75, 3.05) is 6.61 Å². The zero-order chi connectivity index (χ0) is 12.9. The van der Waals surface area contributed by atoms with E-state index in [-0.39, 0.29) is 18.8 Å². The van der Waals surface area contributed by atoms with E-state index in [1.807, 2.05) is 0 Å². The van der Waals surface area contributed by atoms with Gasteiger partial charge >= 0.3 is 0 Å². The van der Waals surface area contributed by atoms with Crippen LogP contribution in [-0.2, 0) is 0 Å². The van der Waals surface area contributed by atoms with Crippen molar-refractivity contribution >= 4 is 0 Å². The summed E-state index contributed by atoms with van der Waals surface area (Å²) in [6.07, 6.45) is 11.3. The van der Waals surface area contributed by atoms with Crippen LogP contribution in [0.5, 0.6) is 0 Å². The van der Waals surface area contributed by atoms with Gasteiger partial charge in [0.25, 0.3) is 0 Å².